The molecule has 3 heterocycles. The SMILES string of the molecule is CCCSc1nnc2c(n1)O[C@H](/C=C\c1cccs1)Nc1ccccc1-2. The lowest BCUT2D eigenvalue weighted by Crippen LogP contribution is -2.23. The first-order chi connectivity index (χ1) is 12.8. The van der Waals surface area contributed by atoms with Crippen molar-refractivity contribution in [2.45, 2.75) is 24.7 Å². The standard InChI is InChI=1S/C19H18N4OS2/c1-2-11-26-19-21-18-17(22-23-19)14-7-3-4-8-15(14)20-16(24-18)10-9-13-6-5-12-25-13/h3-10,12,16,20H,2,11H2,1H3/b10-9-/t16-/m1/s1. The minimum absolute atomic E-state index is 0.333. The molecule has 1 aliphatic heterocycles. The van der Waals surface area contributed by atoms with E-state index in [0.29, 0.717) is 16.7 Å². The predicted molar refractivity (Wildman–Crippen MR) is 108 cm³/mol. The highest BCUT2D eigenvalue weighted by atomic mass is 32.2. The van der Waals surface area contributed by atoms with Crippen LogP contribution in [0, 0.1) is 0 Å². The van der Waals surface area contributed by atoms with Gasteiger partial charge in [-0.15, -0.1) is 21.5 Å². The van der Waals surface area contributed by atoms with Crippen LogP contribution in [-0.2, 0) is 0 Å². The molecule has 5 nitrogen and oxygen atoms in total. The quantitative estimate of drug-likeness (QED) is 0.630. The lowest BCUT2D eigenvalue weighted by molar-refractivity contribution is 0.266. The highest BCUT2D eigenvalue weighted by molar-refractivity contribution is 7.99. The van der Waals surface area contributed by atoms with E-state index in [4.69, 9.17) is 4.74 Å². The summed E-state index contributed by atoms with van der Waals surface area (Å²) >= 11 is 3.28. The van der Waals surface area contributed by atoms with Crippen molar-refractivity contribution >= 4 is 34.9 Å². The Morgan fingerprint density at radius 1 is 1.23 bits per heavy atom. The largest absolute Gasteiger partial charge is 0.448 e. The van der Waals surface area contributed by atoms with Crippen LogP contribution in [0.3, 0.4) is 0 Å². The molecule has 7 heteroatoms. The van der Waals surface area contributed by atoms with Crippen molar-refractivity contribution in [3.8, 4) is 17.1 Å². The highest BCUT2D eigenvalue weighted by Gasteiger charge is 2.23. The third-order valence-corrected chi connectivity index (χ3v) is 5.65. The Kier molecular flexibility index (Phi) is 5.17. The van der Waals surface area contributed by atoms with Crippen LogP contribution in [0.4, 0.5) is 5.69 Å². The molecule has 0 radical (unpaired) electrons. The van der Waals surface area contributed by atoms with Crippen molar-refractivity contribution in [3.05, 3.63) is 52.7 Å². The Bertz CT molecular complexity index is 912. The third-order valence-electron chi connectivity index (χ3n) is 3.77. The first-order valence-corrected chi connectivity index (χ1v) is 10.3. The molecule has 0 aliphatic carbocycles. The number of fused-ring (bicyclic) bond motifs is 3. The Balaban J connectivity index is 1.70. The van der Waals surface area contributed by atoms with E-state index in [2.05, 4.69) is 44.9 Å². The Morgan fingerprint density at radius 2 is 2.15 bits per heavy atom. The molecule has 0 spiro atoms. The summed E-state index contributed by atoms with van der Waals surface area (Å²) in [6.45, 7) is 2.13. The van der Waals surface area contributed by atoms with Crippen LogP contribution >= 0.6 is 23.1 Å². The van der Waals surface area contributed by atoms with Gasteiger partial charge in [0.25, 0.3) is 0 Å². The van der Waals surface area contributed by atoms with Gasteiger partial charge in [0.15, 0.2) is 11.9 Å². The van der Waals surface area contributed by atoms with Gasteiger partial charge in [-0.25, -0.2) is 0 Å². The van der Waals surface area contributed by atoms with Crippen molar-refractivity contribution in [2.24, 2.45) is 0 Å². The first-order valence-electron chi connectivity index (χ1n) is 8.45. The molecule has 0 saturated carbocycles. The van der Waals surface area contributed by atoms with Crippen LogP contribution in [0.15, 0.2) is 53.0 Å². The fourth-order valence-electron chi connectivity index (χ4n) is 2.58. The van der Waals surface area contributed by atoms with Crippen LogP contribution in [-0.4, -0.2) is 27.2 Å². The van der Waals surface area contributed by atoms with E-state index in [1.807, 2.05) is 36.4 Å². The third kappa shape index (κ3) is 3.73. The number of thioether (sulfide) groups is 1. The number of thiophene rings is 1. The van der Waals surface area contributed by atoms with Crippen LogP contribution in [0.25, 0.3) is 17.3 Å². The van der Waals surface area contributed by atoms with Gasteiger partial charge in [0, 0.05) is 21.9 Å². The van der Waals surface area contributed by atoms with Crippen molar-refractivity contribution in [2.75, 3.05) is 11.1 Å². The van der Waals surface area contributed by atoms with Gasteiger partial charge in [-0.1, -0.05) is 43.0 Å². The second-order valence-electron chi connectivity index (χ2n) is 5.70. The molecule has 1 aromatic carbocycles. The number of benzene rings is 1. The lowest BCUT2D eigenvalue weighted by atomic mass is 10.1. The topological polar surface area (TPSA) is 59.9 Å². The molecule has 0 unspecified atom stereocenters. The van der Waals surface area contributed by atoms with Gasteiger partial charge in [-0.2, -0.15) is 4.98 Å². The number of rotatable bonds is 5. The number of anilines is 1. The summed E-state index contributed by atoms with van der Waals surface area (Å²) in [5.41, 5.74) is 2.57. The average molecular weight is 383 g/mol. The van der Waals surface area contributed by atoms with Gasteiger partial charge in [0.1, 0.15) is 0 Å². The lowest BCUT2D eigenvalue weighted by Gasteiger charge is -2.15. The predicted octanol–water partition coefficient (Wildman–Crippen LogP) is 4.95. The smallest absolute Gasteiger partial charge is 0.247 e. The van der Waals surface area contributed by atoms with E-state index in [0.717, 1.165) is 23.4 Å². The fourth-order valence-corrected chi connectivity index (χ4v) is 3.84. The van der Waals surface area contributed by atoms with E-state index in [9.17, 15) is 0 Å². The van der Waals surface area contributed by atoms with Crippen LogP contribution < -0.4 is 10.1 Å². The first kappa shape index (κ1) is 17.1. The Hall–Kier alpha value is -2.38. The van der Waals surface area contributed by atoms with Gasteiger partial charge >= 0.3 is 0 Å². The maximum absolute atomic E-state index is 6.14. The fraction of sp³-hybridized carbons (Fsp3) is 0.211. The minimum atomic E-state index is -0.333. The number of nitrogens with zero attached hydrogens (tertiary/aromatic N) is 3. The maximum Gasteiger partial charge on any atom is 0.247 e. The van der Waals surface area contributed by atoms with Gasteiger partial charge in [-0.05, 0) is 36.1 Å². The molecule has 26 heavy (non-hydrogen) atoms. The van der Waals surface area contributed by atoms with E-state index in [1.165, 1.54) is 4.88 Å². The molecular weight excluding hydrogens is 364 g/mol. The summed E-state index contributed by atoms with van der Waals surface area (Å²) in [5, 5.41) is 14.8. The molecule has 132 valence electrons. The zero-order chi connectivity index (χ0) is 17.8. The minimum Gasteiger partial charge on any atom is -0.448 e. The van der Waals surface area contributed by atoms with Crippen molar-refractivity contribution in [1.82, 2.24) is 15.2 Å². The molecule has 1 aliphatic rings. The average Bonchev–Trinajstić information content (AvgIpc) is 3.13. The summed E-state index contributed by atoms with van der Waals surface area (Å²) in [6, 6.07) is 12.1. The normalized spacial score (nSPS) is 15.7. The van der Waals surface area contributed by atoms with Crippen LogP contribution in [0.1, 0.15) is 18.2 Å². The van der Waals surface area contributed by atoms with Gasteiger partial charge in [0.2, 0.25) is 11.0 Å². The molecule has 0 bridgehead atoms. The number of ether oxygens (including phenoxy) is 1. The van der Waals surface area contributed by atoms with E-state index >= 15 is 0 Å². The molecule has 0 fully saturated rings. The molecule has 3 aromatic rings. The van der Waals surface area contributed by atoms with Crippen LogP contribution in [0.2, 0.25) is 0 Å². The summed E-state index contributed by atoms with van der Waals surface area (Å²) < 4.78 is 6.14. The number of nitrogens with one attached hydrogen (secondary N) is 1. The second-order valence-corrected chi connectivity index (χ2v) is 7.74. The van der Waals surface area contributed by atoms with E-state index in [-0.39, 0.29) is 6.23 Å². The second kappa shape index (κ2) is 7.88. The molecule has 0 saturated heterocycles. The zero-order valence-electron chi connectivity index (χ0n) is 14.3. The number of aromatic nitrogens is 3. The Labute approximate surface area is 160 Å². The van der Waals surface area contributed by atoms with E-state index in [1.54, 1.807) is 23.1 Å². The van der Waals surface area contributed by atoms with Gasteiger partial charge < -0.3 is 10.1 Å². The van der Waals surface area contributed by atoms with Crippen molar-refractivity contribution in [1.29, 1.82) is 0 Å². The summed E-state index contributed by atoms with van der Waals surface area (Å²) in [4.78, 5) is 5.77. The molecule has 1 atom stereocenters. The summed E-state index contributed by atoms with van der Waals surface area (Å²) in [6.07, 6.45) is 4.78. The summed E-state index contributed by atoms with van der Waals surface area (Å²) in [7, 11) is 0. The van der Waals surface area contributed by atoms with Gasteiger partial charge in [-0.3, -0.25) is 0 Å². The highest BCUT2D eigenvalue weighted by Crippen LogP contribution is 2.36. The molecular formula is C19H18N4OS2. The van der Waals surface area contributed by atoms with Gasteiger partial charge in [0.05, 0.1) is 0 Å². The summed E-state index contributed by atoms with van der Waals surface area (Å²) in [5.74, 6) is 1.47. The van der Waals surface area contributed by atoms with E-state index < -0.39 is 0 Å². The number of para-hydroxylation sites is 1. The molecule has 4 rings (SSSR count). The number of hydrogen-bond donors (Lipinski definition) is 1. The van der Waals surface area contributed by atoms with Crippen molar-refractivity contribution in [3.63, 3.8) is 0 Å². The molecule has 1 N–H and O–H groups in total. The molecule has 0 amide bonds. The molecule has 2 aromatic heterocycles. The Morgan fingerprint density at radius 3 is 3.00 bits per heavy atom. The zero-order valence-corrected chi connectivity index (χ0v) is 15.9. The van der Waals surface area contributed by atoms with Crippen molar-refractivity contribution < 1.29 is 4.74 Å². The maximum atomic E-state index is 6.14. The monoisotopic (exact) mass is 382 g/mol. The number of hydrogen-bond acceptors (Lipinski definition) is 7. The van der Waals surface area contributed by atoms with Crippen LogP contribution in [0.5, 0.6) is 5.88 Å².